The molecule has 0 spiro atoms. The Balaban J connectivity index is 2.14. The Morgan fingerprint density at radius 2 is 1.80 bits per heavy atom. The van der Waals surface area contributed by atoms with E-state index < -0.39 is 0 Å². The van der Waals surface area contributed by atoms with E-state index in [4.69, 9.17) is 0 Å². The minimum absolute atomic E-state index is 0.0756. The molecule has 0 unspecified atom stereocenters. The molecule has 0 saturated carbocycles. The van der Waals surface area contributed by atoms with Gasteiger partial charge in [0.1, 0.15) is 5.82 Å². The fourth-order valence-electron chi connectivity index (χ4n) is 2.45. The third-order valence-electron chi connectivity index (χ3n) is 3.48. The summed E-state index contributed by atoms with van der Waals surface area (Å²) in [7, 11) is 0. The van der Waals surface area contributed by atoms with Crippen LogP contribution in [0.3, 0.4) is 0 Å². The van der Waals surface area contributed by atoms with Crippen molar-refractivity contribution in [3.63, 3.8) is 0 Å². The molecule has 2 nitrogen and oxygen atoms in total. The van der Waals surface area contributed by atoms with Gasteiger partial charge in [0.15, 0.2) is 5.78 Å². The third kappa shape index (κ3) is 2.01. The molecule has 0 saturated heterocycles. The standard InChI is InChI=1S/C17H14FNO/c1-2-19-11-15(14-5-3-4-6-16(14)19)17(20)12-7-9-13(18)10-8-12/h3-11H,2H2,1H3. The van der Waals surface area contributed by atoms with E-state index in [1.807, 2.05) is 42.0 Å². The number of halogens is 1. The van der Waals surface area contributed by atoms with Crippen molar-refractivity contribution >= 4 is 16.7 Å². The number of carbonyl (C=O) groups excluding carboxylic acids is 1. The van der Waals surface area contributed by atoms with Gasteiger partial charge in [-0.25, -0.2) is 4.39 Å². The van der Waals surface area contributed by atoms with Crippen LogP contribution in [0.25, 0.3) is 10.9 Å². The van der Waals surface area contributed by atoms with Gasteiger partial charge in [-0.15, -0.1) is 0 Å². The zero-order valence-corrected chi connectivity index (χ0v) is 11.1. The second-order valence-electron chi connectivity index (χ2n) is 4.68. The lowest BCUT2D eigenvalue weighted by molar-refractivity contribution is 0.104. The summed E-state index contributed by atoms with van der Waals surface area (Å²) in [6, 6.07) is 13.5. The van der Waals surface area contributed by atoms with Crippen LogP contribution in [0.4, 0.5) is 4.39 Å². The zero-order valence-electron chi connectivity index (χ0n) is 11.1. The number of fused-ring (bicyclic) bond motifs is 1. The van der Waals surface area contributed by atoms with Crippen molar-refractivity contribution < 1.29 is 9.18 Å². The number of hydrogen-bond donors (Lipinski definition) is 0. The van der Waals surface area contributed by atoms with Crippen LogP contribution < -0.4 is 0 Å². The average Bonchev–Trinajstić information content (AvgIpc) is 2.86. The summed E-state index contributed by atoms with van der Waals surface area (Å²) in [5.74, 6) is -0.411. The highest BCUT2D eigenvalue weighted by Crippen LogP contribution is 2.24. The molecule has 1 aromatic heterocycles. The monoisotopic (exact) mass is 267 g/mol. The summed E-state index contributed by atoms with van der Waals surface area (Å²) in [5.41, 5.74) is 2.21. The molecule has 0 aliphatic heterocycles. The summed E-state index contributed by atoms with van der Waals surface area (Å²) in [6.45, 7) is 2.84. The van der Waals surface area contributed by atoms with Crippen molar-refractivity contribution in [2.75, 3.05) is 0 Å². The number of hydrogen-bond acceptors (Lipinski definition) is 1. The molecule has 3 heteroatoms. The van der Waals surface area contributed by atoms with Gasteiger partial charge in [0.2, 0.25) is 0 Å². The molecule has 0 aliphatic carbocycles. The molecule has 0 bridgehead atoms. The minimum atomic E-state index is -0.336. The fraction of sp³-hybridized carbons (Fsp3) is 0.118. The van der Waals surface area contributed by atoms with E-state index >= 15 is 0 Å². The first-order valence-electron chi connectivity index (χ1n) is 6.59. The lowest BCUT2D eigenvalue weighted by atomic mass is 10.0. The fourth-order valence-corrected chi connectivity index (χ4v) is 2.45. The van der Waals surface area contributed by atoms with Gasteiger partial charge in [0.25, 0.3) is 0 Å². The highest BCUT2D eigenvalue weighted by molar-refractivity contribution is 6.16. The molecule has 3 aromatic rings. The van der Waals surface area contributed by atoms with Crippen molar-refractivity contribution in [1.29, 1.82) is 0 Å². The number of para-hydroxylation sites is 1. The van der Waals surface area contributed by atoms with Crippen molar-refractivity contribution in [3.8, 4) is 0 Å². The van der Waals surface area contributed by atoms with Crippen LogP contribution in [-0.4, -0.2) is 10.4 Å². The first-order chi connectivity index (χ1) is 9.70. The number of ketones is 1. The minimum Gasteiger partial charge on any atom is -0.347 e. The van der Waals surface area contributed by atoms with Gasteiger partial charge in [0.05, 0.1) is 0 Å². The normalized spacial score (nSPS) is 10.9. The van der Waals surface area contributed by atoms with Crippen LogP contribution in [0.2, 0.25) is 0 Å². The lowest BCUT2D eigenvalue weighted by Crippen LogP contribution is -2.00. The van der Waals surface area contributed by atoms with Gasteiger partial charge in [-0.2, -0.15) is 0 Å². The summed E-state index contributed by atoms with van der Waals surface area (Å²) < 4.78 is 15.0. The Hall–Kier alpha value is -2.42. The van der Waals surface area contributed by atoms with Crippen molar-refractivity contribution in [1.82, 2.24) is 4.57 Å². The maximum Gasteiger partial charge on any atom is 0.195 e. The zero-order chi connectivity index (χ0) is 14.1. The molecule has 1 heterocycles. The number of rotatable bonds is 3. The van der Waals surface area contributed by atoms with Crippen molar-refractivity contribution in [2.24, 2.45) is 0 Å². The number of aryl methyl sites for hydroxylation is 1. The van der Waals surface area contributed by atoms with Gasteiger partial charge in [0, 0.05) is 34.8 Å². The molecular formula is C17H14FNO. The van der Waals surface area contributed by atoms with E-state index in [9.17, 15) is 9.18 Å². The van der Waals surface area contributed by atoms with Crippen LogP contribution in [0.1, 0.15) is 22.8 Å². The third-order valence-corrected chi connectivity index (χ3v) is 3.48. The SMILES string of the molecule is CCn1cc(C(=O)c2ccc(F)cc2)c2ccccc21. The summed E-state index contributed by atoms with van der Waals surface area (Å²) in [6.07, 6.45) is 1.87. The number of nitrogens with zero attached hydrogens (tertiary/aromatic N) is 1. The molecule has 0 fully saturated rings. The average molecular weight is 267 g/mol. The predicted molar refractivity (Wildman–Crippen MR) is 77.4 cm³/mol. The highest BCUT2D eigenvalue weighted by Gasteiger charge is 2.15. The highest BCUT2D eigenvalue weighted by atomic mass is 19.1. The van der Waals surface area contributed by atoms with Crippen molar-refractivity contribution in [2.45, 2.75) is 13.5 Å². The lowest BCUT2D eigenvalue weighted by Gasteiger charge is -1.99. The topological polar surface area (TPSA) is 22.0 Å². The number of benzene rings is 2. The van der Waals surface area contributed by atoms with E-state index in [2.05, 4.69) is 0 Å². The molecule has 20 heavy (non-hydrogen) atoms. The Morgan fingerprint density at radius 1 is 1.10 bits per heavy atom. The van der Waals surface area contributed by atoms with E-state index in [-0.39, 0.29) is 11.6 Å². The first kappa shape index (κ1) is 12.6. The van der Waals surface area contributed by atoms with Crippen LogP contribution >= 0.6 is 0 Å². The Bertz CT molecular complexity index is 771. The second-order valence-corrected chi connectivity index (χ2v) is 4.68. The number of aromatic nitrogens is 1. The van der Waals surface area contributed by atoms with Gasteiger partial charge >= 0.3 is 0 Å². The molecule has 100 valence electrons. The predicted octanol–water partition coefficient (Wildman–Crippen LogP) is 4.03. The molecule has 0 N–H and O–H groups in total. The second kappa shape index (κ2) is 4.93. The Morgan fingerprint density at radius 3 is 2.50 bits per heavy atom. The quantitative estimate of drug-likeness (QED) is 0.657. The van der Waals surface area contributed by atoms with Gasteiger partial charge in [-0.1, -0.05) is 18.2 Å². The van der Waals surface area contributed by atoms with Crippen LogP contribution in [0.15, 0.2) is 54.7 Å². The van der Waals surface area contributed by atoms with Crippen LogP contribution in [0, 0.1) is 5.82 Å². The molecule has 0 atom stereocenters. The summed E-state index contributed by atoms with van der Waals surface area (Å²) >= 11 is 0. The van der Waals surface area contributed by atoms with E-state index in [1.54, 1.807) is 0 Å². The molecule has 0 aliphatic rings. The summed E-state index contributed by atoms with van der Waals surface area (Å²) in [4.78, 5) is 12.6. The molecule has 3 rings (SSSR count). The first-order valence-corrected chi connectivity index (χ1v) is 6.59. The maximum absolute atomic E-state index is 12.9. The Labute approximate surface area is 116 Å². The molecule has 0 radical (unpaired) electrons. The van der Waals surface area contributed by atoms with Gasteiger partial charge in [-0.3, -0.25) is 4.79 Å². The van der Waals surface area contributed by atoms with E-state index in [1.165, 1.54) is 24.3 Å². The van der Waals surface area contributed by atoms with Crippen LogP contribution in [0.5, 0.6) is 0 Å². The van der Waals surface area contributed by atoms with Crippen LogP contribution in [-0.2, 0) is 6.54 Å². The van der Waals surface area contributed by atoms with Gasteiger partial charge in [-0.05, 0) is 37.3 Å². The summed E-state index contributed by atoms with van der Waals surface area (Å²) in [5, 5.41) is 0.934. The van der Waals surface area contributed by atoms with E-state index in [0.29, 0.717) is 11.1 Å². The molecular weight excluding hydrogens is 253 g/mol. The Kier molecular flexibility index (Phi) is 3.11. The van der Waals surface area contributed by atoms with Gasteiger partial charge < -0.3 is 4.57 Å². The molecule has 2 aromatic carbocycles. The maximum atomic E-state index is 12.9. The largest absolute Gasteiger partial charge is 0.347 e. The number of carbonyl (C=O) groups is 1. The molecule has 0 amide bonds. The van der Waals surface area contributed by atoms with Crippen molar-refractivity contribution in [3.05, 3.63) is 71.7 Å². The smallest absolute Gasteiger partial charge is 0.195 e. The van der Waals surface area contributed by atoms with E-state index in [0.717, 1.165) is 17.4 Å².